The highest BCUT2D eigenvalue weighted by Crippen LogP contribution is 2.36. The minimum absolute atomic E-state index is 0.0212. The molecule has 0 unspecified atom stereocenters. The number of aromatic nitrogens is 6. The summed E-state index contributed by atoms with van der Waals surface area (Å²) in [7, 11) is 0. The van der Waals surface area contributed by atoms with Gasteiger partial charge in [0, 0.05) is 43.1 Å². The van der Waals surface area contributed by atoms with Crippen molar-refractivity contribution in [3.8, 4) is 11.4 Å². The van der Waals surface area contributed by atoms with Crippen molar-refractivity contribution in [3.63, 3.8) is 0 Å². The number of nitrogens with zero attached hydrogens (tertiary/aromatic N) is 8. The lowest BCUT2D eigenvalue weighted by molar-refractivity contribution is -0.192. The van der Waals surface area contributed by atoms with Gasteiger partial charge >= 0.3 is 5.69 Å². The van der Waals surface area contributed by atoms with Crippen LogP contribution in [0.4, 0.5) is 11.4 Å². The highest BCUT2D eigenvalue weighted by molar-refractivity contribution is 5.54. The van der Waals surface area contributed by atoms with E-state index in [1.165, 1.54) is 10.4 Å². The van der Waals surface area contributed by atoms with Gasteiger partial charge in [0.2, 0.25) is 5.79 Å². The summed E-state index contributed by atoms with van der Waals surface area (Å²) >= 11 is 0. The summed E-state index contributed by atoms with van der Waals surface area (Å²) in [5.41, 5.74) is 3.92. The fourth-order valence-corrected chi connectivity index (χ4v) is 6.01. The number of benzene rings is 3. The van der Waals surface area contributed by atoms with Crippen molar-refractivity contribution in [2.45, 2.75) is 38.3 Å². The summed E-state index contributed by atoms with van der Waals surface area (Å²) in [6.07, 6.45) is 4.64. The zero-order valence-corrected chi connectivity index (χ0v) is 26.1. The van der Waals surface area contributed by atoms with Gasteiger partial charge in [0.25, 0.3) is 0 Å². The van der Waals surface area contributed by atoms with E-state index in [4.69, 9.17) is 14.2 Å². The van der Waals surface area contributed by atoms with Crippen LogP contribution >= 0.6 is 0 Å². The number of piperazine rings is 1. The molecule has 0 spiro atoms. The van der Waals surface area contributed by atoms with Crippen LogP contribution in [0.25, 0.3) is 5.69 Å². The first-order chi connectivity index (χ1) is 22.5. The lowest BCUT2D eigenvalue weighted by Gasteiger charge is -2.37. The normalized spacial score (nSPS) is 20.0. The van der Waals surface area contributed by atoms with Gasteiger partial charge in [-0.1, -0.05) is 30.3 Å². The topological polar surface area (TPSA) is 105 Å². The Bertz CT molecular complexity index is 1760. The molecule has 0 radical (unpaired) electrons. The molecule has 2 saturated heterocycles. The predicted octanol–water partition coefficient (Wildman–Crippen LogP) is 3.88. The number of rotatable bonds is 10. The Labute approximate surface area is 267 Å². The number of ether oxygens (including phenoxy) is 3. The van der Waals surface area contributed by atoms with E-state index in [9.17, 15) is 4.79 Å². The molecule has 2 aliphatic rings. The van der Waals surface area contributed by atoms with Gasteiger partial charge in [-0.15, -0.1) is 0 Å². The van der Waals surface area contributed by atoms with E-state index < -0.39 is 5.79 Å². The fourth-order valence-electron chi connectivity index (χ4n) is 6.01. The molecule has 238 valence electrons. The van der Waals surface area contributed by atoms with E-state index in [0.717, 1.165) is 48.9 Å². The zero-order chi connectivity index (χ0) is 31.5. The van der Waals surface area contributed by atoms with Crippen LogP contribution in [0.5, 0.6) is 5.75 Å². The minimum atomic E-state index is -0.973. The molecule has 12 nitrogen and oxygen atoms in total. The maximum Gasteiger partial charge on any atom is 0.350 e. The van der Waals surface area contributed by atoms with Gasteiger partial charge in [-0.05, 0) is 62.4 Å². The van der Waals surface area contributed by atoms with Gasteiger partial charge in [0.1, 0.15) is 31.3 Å². The summed E-state index contributed by atoms with van der Waals surface area (Å²) in [6.45, 7) is 8.63. The second-order valence-corrected chi connectivity index (χ2v) is 11.8. The maximum atomic E-state index is 12.6. The monoisotopic (exact) mass is 622 g/mol. The summed E-state index contributed by atoms with van der Waals surface area (Å²) in [4.78, 5) is 19.0. The molecule has 4 heterocycles. The molecule has 2 aliphatic heterocycles. The van der Waals surface area contributed by atoms with Crippen LogP contribution in [0.2, 0.25) is 0 Å². The van der Waals surface area contributed by atoms with Crippen molar-refractivity contribution >= 4 is 11.4 Å². The standard InChI is InChI=1S/C34H38N8O4/c1-26(2)42-33(43)40(25-37-42)30-10-8-28(9-11-30)38-18-20-39(21-19-38)29-12-14-31(15-13-29)44-22-32-23-45-34(46-32,24-41-35-16-17-36-41)27-6-4-3-5-7-27/h3-17,25-26,32H,18-24H2,1-2H3/t32-,34-/m1/s1. The Morgan fingerprint density at radius 1 is 0.826 bits per heavy atom. The van der Waals surface area contributed by atoms with Crippen LogP contribution in [0.15, 0.2) is 102 Å². The molecule has 0 saturated carbocycles. The number of hydrogen-bond acceptors (Lipinski definition) is 9. The molecule has 3 aromatic carbocycles. The van der Waals surface area contributed by atoms with Crippen LogP contribution < -0.4 is 20.2 Å². The van der Waals surface area contributed by atoms with Gasteiger partial charge in [-0.3, -0.25) is 0 Å². The van der Waals surface area contributed by atoms with Gasteiger partial charge < -0.3 is 24.0 Å². The molecule has 12 heteroatoms. The van der Waals surface area contributed by atoms with Crippen LogP contribution in [-0.4, -0.2) is 74.8 Å². The predicted molar refractivity (Wildman–Crippen MR) is 174 cm³/mol. The van der Waals surface area contributed by atoms with Crippen molar-refractivity contribution in [2.75, 3.05) is 49.2 Å². The largest absolute Gasteiger partial charge is 0.491 e. The second-order valence-electron chi connectivity index (χ2n) is 11.8. The molecular formula is C34H38N8O4. The third-order valence-electron chi connectivity index (χ3n) is 8.48. The fraction of sp³-hybridized carbons (Fsp3) is 0.353. The molecule has 0 N–H and O–H groups in total. The van der Waals surface area contributed by atoms with Crippen molar-refractivity contribution in [2.24, 2.45) is 0 Å². The van der Waals surface area contributed by atoms with Crippen LogP contribution in [-0.2, 0) is 21.8 Å². The Morgan fingerprint density at radius 3 is 2.04 bits per heavy atom. The summed E-state index contributed by atoms with van der Waals surface area (Å²) in [5.74, 6) is -0.186. The first-order valence-electron chi connectivity index (χ1n) is 15.7. The summed E-state index contributed by atoms with van der Waals surface area (Å²) in [6, 6.07) is 26.3. The van der Waals surface area contributed by atoms with Crippen molar-refractivity contribution in [3.05, 3.63) is 114 Å². The molecule has 0 aliphatic carbocycles. The number of hydrogen-bond donors (Lipinski definition) is 0. The summed E-state index contributed by atoms with van der Waals surface area (Å²) in [5, 5.41) is 12.7. The van der Waals surface area contributed by atoms with E-state index in [1.807, 2.05) is 68.4 Å². The highest BCUT2D eigenvalue weighted by atomic mass is 16.8. The van der Waals surface area contributed by atoms with E-state index in [0.29, 0.717) is 19.8 Å². The molecule has 2 fully saturated rings. The minimum Gasteiger partial charge on any atom is -0.491 e. The SMILES string of the molecule is CC(C)n1ncn(-c2ccc(N3CCN(c4ccc(OC[C@@H]5CO[C@@](Cn6nccn6)(c6ccccc6)O5)cc4)CC3)cc2)c1=O. The molecule has 0 bridgehead atoms. The van der Waals surface area contributed by atoms with Gasteiger partial charge in [0.05, 0.1) is 30.7 Å². The third kappa shape index (κ3) is 6.13. The molecular weight excluding hydrogens is 584 g/mol. The average Bonchev–Trinajstić information content (AvgIpc) is 3.86. The smallest absolute Gasteiger partial charge is 0.350 e. The number of anilines is 2. The molecule has 2 aromatic heterocycles. The van der Waals surface area contributed by atoms with Crippen molar-refractivity contribution in [1.82, 2.24) is 29.3 Å². The molecule has 7 rings (SSSR count). The molecule has 5 aromatic rings. The summed E-state index contributed by atoms with van der Waals surface area (Å²) < 4.78 is 21.9. The Hall–Kier alpha value is -4.94. The Kier molecular flexibility index (Phi) is 8.29. The zero-order valence-electron chi connectivity index (χ0n) is 26.1. The first-order valence-corrected chi connectivity index (χ1v) is 15.7. The van der Waals surface area contributed by atoms with E-state index >= 15 is 0 Å². The van der Waals surface area contributed by atoms with Crippen molar-refractivity contribution in [1.29, 1.82) is 0 Å². The van der Waals surface area contributed by atoms with Crippen molar-refractivity contribution < 1.29 is 14.2 Å². The molecule has 0 amide bonds. The van der Waals surface area contributed by atoms with E-state index in [1.54, 1.807) is 28.1 Å². The lowest BCUT2D eigenvalue weighted by atomic mass is 10.1. The van der Waals surface area contributed by atoms with E-state index in [2.05, 4.69) is 49.4 Å². The highest BCUT2D eigenvalue weighted by Gasteiger charge is 2.44. The lowest BCUT2D eigenvalue weighted by Crippen LogP contribution is -2.46. The van der Waals surface area contributed by atoms with Crippen LogP contribution in [0.1, 0.15) is 25.5 Å². The second kappa shape index (κ2) is 12.8. The average molecular weight is 623 g/mol. The Morgan fingerprint density at radius 2 is 1.43 bits per heavy atom. The van der Waals surface area contributed by atoms with Gasteiger partial charge in [-0.25, -0.2) is 14.0 Å². The van der Waals surface area contributed by atoms with Crippen LogP contribution in [0.3, 0.4) is 0 Å². The Balaban J connectivity index is 0.916. The first kappa shape index (κ1) is 29.8. The van der Waals surface area contributed by atoms with Crippen LogP contribution in [0, 0.1) is 0 Å². The van der Waals surface area contributed by atoms with Gasteiger partial charge in [-0.2, -0.15) is 20.1 Å². The quantitative estimate of drug-likeness (QED) is 0.230. The third-order valence-corrected chi connectivity index (χ3v) is 8.48. The molecule has 46 heavy (non-hydrogen) atoms. The maximum absolute atomic E-state index is 12.6. The van der Waals surface area contributed by atoms with E-state index in [-0.39, 0.29) is 17.8 Å². The van der Waals surface area contributed by atoms with Gasteiger partial charge in [0.15, 0.2) is 0 Å². The molecule has 2 atom stereocenters.